The lowest BCUT2D eigenvalue weighted by Crippen LogP contribution is -2.42. The molecule has 1 heterocycles. The first kappa shape index (κ1) is 22.4. The number of carbonyl (C=O) groups is 1. The van der Waals surface area contributed by atoms with Crippen LogP contribution in [0, 0.1) is 23.5 Å². The monoisotopic (exact) mass is 436 g/mol. The van der Waals surface area contributed by atoms with E-state index in [0.717, 1.165) is 18.6 Å². The molecule has 0 aromatic heterocycles. The van der Waals surface area contributed by atoms with E-state index >= 15 is 0 Å². The third kappa shape index (κ3) is 4.87. The Morgan fingerprint density at radius 1 is 1.10 bits per heavy atom. The first-order valence-electron chi connectivity index (χ1n) is 9.87. The van der Waals surface area contributed by atoms with Gasteiger partial charge in [-0.1, -0.05) is 26.0 Å². The Labute approximate surface area is 176 Å². The standard InChI is InChI=1S/C22H26F2N2O3S/c1-15-9-16(2)13-26(12-15)30(28,29)20-6-4-5-17(10-20)22(27)25(3)14-18-7-8-19(23)11-21(18)24/h4-8,10-11,15-16H,9,12-14H2,1-3H3. The average molecular weight is 437 g/mol. The zero-order valence-corrected chi connectivity index (χ0v) is 18.1. The highest BCUT2D eigenvalue weighted by atomic mass is 32.2. The molecular weight excluding hydrogens is 410 g/mol. The van der Waals surface area contributed by atoms with E-state index in [4.69, 9.17) is 0 Å². The van der Waals surface area contributed by atoms with Crippen LogP contribution < -0.4 is 0 Å². The maximum absolute atomic E-state index is 13.9. The van der Waals surface area contributed by atoms with Crippen molar-refractivity contribution in [2.24, 2.45) is 11.8 Å². The second-order valence-corrected chi connectivity index (χ2v) is 10.1. The van der Waals surface area contributed by atoms with Gasteiger partial charge in [0.05, 0.1) is 4.90 Å². The molecule has 1 amide bonds. The summed E-state index contributed by atoms with van der Waals surface area (Å²) >= 11 is 0. The molecule has 2 aromatic rings. The fourth-order valence-electron chi connectivity index (χ4n) is 3.94. The quantitative estimate of drug-likeness (QED) is 0.714. The van der Waals surface area contributed by atoms with Crippen LogP contribution in [0.5, 0.6) is 0 Å². The molecule has 0 N–H and O–H groups in total. The summed E-state index contributed by atoms with van der Waals surface area (Å²) in [4.78, 5) is 14.1. The van der Waals surface area contributed by atoms with Gasteiger partial charge in [-0.05, 0) is 42.5 Å². The number of hydrogen-bond acceptors (Lipinski definition) is 3. The molecule has 0 spiro atoms. The zero-order chi connectivity index (χ0) is 22.1. The minimum absolute atomic E-state index is 0.0658. The van der Waals surface area contributed by atoms with Crippen LogP contribution in [-0.4, -0.2) is 43.7 Å². The lowest BCUT2D eigenvalue weighted by molar-refractivity contribution is 0.0783. The molecular formula is C22H26F2N2O3S. The maximum atomic E-state index is 13.9. The molecule has 0 aliphatic carbocycles. The van der Waals surface area contributed by atoms with Crippen LogP contribution in [0.2, 0.25) is 0 Å². The van der Waals surface area contributed by atoms with Gasteiger partial charge < -0.3 is 4.90 Å². The molecule has 1 aliphatic heterocycles. The number of piperidine rings is 1. The number of benzene rings is 2. The number of nitrogens with zero attached hydrogens (tertiary/aromatic N) is 2. The molecule has 8 heteroatoms. The first-order chi connectivity index (χ1) is 14.1. The lowest BCUT2D eigenvalue weighted by atomic mass is 9.94. The van der Waals surface area contributed by atoms with Crippen molar-refractivity contribution in [2.45, 2.75) is 31.7 Å². The van der Waals surface area contributed by atoms with E-state index in [9.17, 15) is 22.0 Å². The average Bonchev–Trinajstić information content (AvgIpc) is 2.68. The number of sulfonamides is 1. The topological polar surface area (TPSA) is 57.7 Å². The smallest absolute Gasteiger partial charge is 0.253 e. The SMILES string of the molecule is CC1CC(C)CN(S(=O)(=O)c2cccc(C(=O)N(C)Cc3ccc(F)cc3F)c2)C1. The van der Waals surface area contributed by atoms with Gasteiger partial charge in [-0.3, -0.25) is 4.79 Å². The highest BCUT2D eigenvalue weighted by Crippen LogP contribution is 2.27. The van der Waals surface area contributed by atoms with Gasteiger partial charge in [0.15, 0.2) is 0 Å². The van der Waals surface area contributed by atoms with Crippen LogP contribution in [-0.2, 0) is 16.6 Å². The number of halogens is 2. The van der Waals surface area contributed by atoms with Crippen molar-refractivity contribution in [3.8, 4) is 0 Å². The molecule has 3 rings (SSSR count). The summed E-state index contributed by atoms with van der Waals surface area (Å²) in [5.41, 5.74) is 0.367. The van der Waals surface area contributed by atoms with Crippen LogP contribution in [0.25, 0.3) is 0 Å². The molecule has 1 fully saturated rings. The second-order valence-electron chi connectivity index (χ2n) is 8.19. The Hall–Kier alpha value is -2.32. The number of hydrogen-bond donors (Lipinski definition) is 0. The zero-order valence-electron chi connectivity index (χ0n) is 17.3. The summed E-state index contributed by atoms with van der Waals surface area (Å²) in [7, 11) is -2.23. The molecule has 0 bridgehead atoms. The molecule has 1 aliphatic rings. The molecule has 5 nitrogen and oxygen atoms in total. The van der Waals surface area contributed by atoms with Crippen molar-refractivity contribution in [1.29, 1.82) is 0 Å². The van der Waals surface area contributed by atoms with Gasteiger partial charge in [0.1, 0.15) is 11.6 Å². The van der Waals surface area contributed by atoms with Gasteiger partial charge in [0, 0.05) is 43.9 Å². The van der Waals surface area contributed by atoms with E-state index in [1.807, 2.05) is 13.8 Å². The molecule has 2 unspecified atom stereocenters. The number of rotatable bonds is 5. The van der Waals surface area contributed by atoms with E-state index in [0.29, 0.717) is 13.1 Å². The molecule has 1 saturated heterocycles. The summed E-state index contributed by atoms with van der Waals surface area (Å²) in [5, 5.41) is 0. The van der Waals surface area contributed by atoms with Crippen molar-refractivity contribution in [1.82, 2.24) is 9.21 Å². The molecule has 30 heavy (non-hydrogen) atoms. The Morgan fingerprint density at radius 3 is 2.40 bits per heavy atom. The summed E-state index contributed by atoms with van der Waals surface area (Å²) in [5.74, 6) is -1.34. The molecule has 2 atom stereocenters. The Bertz CT molecular complexity index is 1030. The van der Waals surface area contributed by atoms with Crippen molar-refractivity contribution < 1.29 is 22.0 Å². The van der Waals surface area contributed by atoms with E-state index in [1.165, 1.54) is 46.6 Å². The highest BCUT2D eigenvalue weighted by Gasteiger charge is 2.32. The number of carbonyl (C=O) groups excluding carboxylic acids is 1. The fourth-order valence-corrected chi connectivity index (χ4v) is 5.66. The lowest BCUT2D eigenvalue weighted by Gasteiger charge is -2.34. The first-order valence-corrected chi connectivity index (χ1v) is 11.3. The molecule has 0 radical (unpaired) electrons. The summed E-state index contributed by atoms with van der Waals surface area (Å²) in [6, 6.07) is 9.08. The Balaban J connectivity index is 1.81. The second kappa shape index (κ2) is 8.81. The third-order valence-corrected chi connectivity index (χ3v) is 7.15. The predicted molar refractivity (Wildman–Crippen MR) is 110 cm³/mol. The highest BCUT2D eigenvalue weighted by molar-refractivity contribution is 7.89. The van der Waals surface area contributed by atoms with Crippen molar-refractivity contribution in [2.75, 3.05) is 20.1 Å². The number of amides is 1. The van der Waals surface area contributed by atoms with Crippen molar-refractivity contribution >= 4 is 15.9 Å². The molecule has 162 valence electrons. The van der Waals surface area contributed by atoms with Gasteiger partial charge in [-0.15, -0.1) is 0 Å². The summed E-state index contributed by atoms with van der Waals surface area (Å²) in [6.07, 6.45) is 0.981. The molecule has 2 aromatic carbocycles. The van der Waals surface area contributed by atoms with E-state index < -0.39 is 27.6 Å². The third-order valence-electron chi connectivity index (χ3n) is 5.32. The van der Waals surface area contributed by atoms with Crippen LogP contribution in [0.1, 0.15) is 36.2 Å². The van der Waals surface area contributed by atoms with Gasteiger partial charge in [0.2, 0.25) is 10.0 Å². The van der Waals surface area contributed by atoms with Crippen LogP contribution >= 0.6 is 0 Å². The van der Waals surface area contributed by atoms with Crippen molar-refractivity contribution in [3.05, 3.63) is 65.2 Å². The van der Waals surface area contributed by atoms with Crippen LogP contribution in [0.4, 0.5) is 8.78 Å². The van der Waals surface area contributed by atoms with Crippen molar-refractivity contribution in [3.63, 3.8) is 0 Å². The fraction of sp³-hybridized carbons (Fsp3) is 0.409. The predicted octanol–water partition coefficient (Wildman–Crippen LogP) is 3.90. The van der Waals surface area contributed by atoms with Gasteiger partial charge in [-0.25, -0.2) is 17.2 Å². The van der Waals surface area contributed by atoms with E-state index in [2.05, 4.69) is 0 Å². The van der Waals surface area contributed by atoms with E-state index in [-0.39, 0.29) is 34.4 Å². The minimum atomic E-state index is -3.72. The van der Waals surface area contributed by atoms with Crippen LogP contribution in [0.15, 0.2) is 47.4 Å². The Kier molecular flexibility index (Phi) is 6.57. The summed E-state index contributed by atoms with van der Waals surface area (Å²) < 4.78 is 54.7. The van der Waals surface area contributed by atoms with E-state index in [1.54, 1.807) is 0 Å². The Morgan fingerprint density at radius 2 is 1.77 bits per heavy atom. The molecule has 0 saturated carbocycles. The van der Waals surface area contributed by atoms with Crippen LogP contribution in [0.3, 0.4) is 0 Å². The largest absolute Gasteiger partial charge is 0.337 e. The minimum Gasteiger partial charge on any atom is -0.337 e. The normalized spacial score (nSPS) is 20.2. The van der Waals surface area contributed by atoms with Gasteiger partial charge >= 0.3 is 0 Å². The van der Waals surface area contributed by atoms with Gasteiger partial charge in [0.25, 0.3) is 5.91 Å². The maximum Gasteiger partial charge on any atom is 0.253 e. The van der Waals surface area contributed by atoms with Gasteiger partial charge in [-0.2, -0.15) is 4.31 Å². The summed E-state index contributed by atoms with van der Waals surface area (Å²) in [6.45, 7) is 4.90.